The molecule has 2 aromatic carbocycles. The second kappa shape index (κ2) is 7.71. The highest BCUT2D eigenvalue weighted by molar-refractivity contribution is 7.98. The number of rotatable bonds is 6. The van der Waals surface area contributed by atoms with Crippen molar-refractivity contribution in [2.75, 3.05) is 12.0 Å². The second-order valence-electron chi connectivity index (χ2n) is 6.12. The van der Waals surface area contributed by atoms with E-state index in [1.54, 1.807) is 11.8 Å². The van der Waals surface area contributed by atoms with E-state index >= 15 is 0 Å². The molecule has 4 nitrogen and oxygen atoms in total. The SMILES string of the molecule is CSCC[C@H]1NC(=O)[C@@H](CCc2ccc3ccccc3c2)NC1=O. The summed E-state index contributed by atoms with van der Waals surface area (Å²) in [4.78, 5) is 24.3. The van der Waals surface area contributed by atoms with Crippen LogP contribution in [0, 0.1) is 0 Å². The van der Waals surface area contributed by atoms with Gasteiger partial charge in [-0.2, -0.15) is 11.8 Å². The van der Waals surface area contributed by atoms with Gasteiger partial charge in [0.2, 0.25) is 11.8 Å². The Kier molecular flexibility index (Phi) is 5.41. The highest BCUT2D eigenvalue weighted by Crippen LogP contribution is 2.17. The predicted octanol–water partition coefficient (Wildman–Crippen LogP) is 2.51. The van der Waals surface area contributed by atoms with Crippen molar-refractivity contribution in [2.24, 2.45) is 0 Å². The minimum Gasteiger partial charge on any atom is -0.343 e. The molecule has 1 heterocycles. The smallest absolute Gasteiger partial charge is 0.243 e. The first-order chi connectivity index (χ1) is 11.7. The minimum atomic E-state index is -0.436. The molecule has 0 radical (unpaired) electrons. The van der Waals surface area contributed by atoms with E-state index in [9.17, 15) is 9.59 Å². The third-order valence-corrected chi connectivity index (χ3v) is 5.06. The Morgan fingerprint density at radius 2 is 1.58 bits per heavy atom. The molecule has 0 aliphatic carbocycles. The summed E-state index contributed by atoms with van der Waals surface area (Å²) in [6.45, 7) is 0. The fourth-order valence-electron chi connectivity index (χ4n) is 3.02. The zero-order valence-electron chi connectivity index (χ0n) is 13.7. The summed E-state index contributed by atoms with van der Waals surface area (Å²) in [5.41, 5.74) is 1.18. The Bertz CT molecular complexity index is 747. The van der Waals surface area contributed by atoms with Gasteiger partial charge in [0, 0.05) is 0 Å². The number of aryl methyl sites for hydroxylation is 1. The van der Waals surface area contributed by atoms with Gasteiger partial charge in [-0.25, -0.2) is 0 Å². The summed E-state index contributed by atoms with van der Waals surface area (Å²) in [6.07, 6.45) is 4.05. The third kappa shape index (κ3) is 3.90. The van der Waals surface area contributed by atoms with E-state index in [4.69, 9.17) is 0 Å². The number of thioether (sulfide) groups is 1. The molecule has 2 N–H and O–H groups in total. The molecule has 2 amide bonds. The lowest BCUT2D eigenvalue weighted by Gasteiger charge is -2.29. The molecule has 0 unspecified atom stereocenters. The summed E-state index contributed by atoms with van der Waals surface area (Å²) in [7, 11) is 0. The van der Waals surface area contributed by atoms with Crippen molar-refractivity contribution >= 4 is 34.3 Å². The molecule has 0 bridgehead atoms. The number of piperazine rings is 1. The zero-order chi connectivity index (χ0) is 16.9. The van der Waals surface area contributed by atoms with Crippen molar-refractivity contribution in [3.8, 4) is 0 Å². The number of hydrogen-bond acceptors (Lipinski definition) is 3. The molecule has 1 aliphatic heterocycles. The fraction of sp³-hybridized carbons (Fsp3) is 0.368. The van der Waals surface area contributed by atoms with Crippen LogP contribution in [0.3, 0.4) is 0 Å². The van der Waals surface area contributed by atoms with Crippen LogP contribution < -0.4 is 10.6 Å². The Morgan fingerprint density at radius 1 is 0.917 bits per heavy atom. The van der Waals surface area contributed by atoms with E-state index in [2.05, 4.69) is 41.0 Å². The van der Waals surface area contributed by atoms with E-state index in [0.717, 1.165) is 12.2 Å². The molecule has 1 fully saturated rings. The first-order valence-electron chi connectivity index (χ1n) is 8.25. The molecular formula is C19H22N2O2S. The van der Waals surface area contributed by atoms with Crippen LogP contribution in [0.4, 0.5) is 0 Å². The minimum absolute atomic E-state index is 0.0628. The van der Waals surface area contributed by atoms with Crippen LogP contribution in [-0.4, -0.2) is 35.9 Å². The lowest BCUT2D eigenvalue weighted by molar-refractivity contribution is -0.136. The molecule has 0 saturated carbocycles. The van der Waals surface area contributed by atoms with Crippen LogP contribution in [0.25, 0.3) is 10.8 Å². The van der Waals surface area contributed by atoms with Crippen LogP contribution in [-0.2, 0) is 16.0 Å². The molecule has 1 saturated heterocycles. The number of carbonyl (C=O) groups is 2. The largest absolute Gasteiger partial charge is 0.343 e. The van der Waals surface area contributed by atoms with Crippen LogP contribution in [0.1, 0.15) is 18.4 Å². The number of benzene rings is 2. The second-order valence-corrected chi connectivity index (χ2v) is 7.11. The first kappa shape index (κ1) is 16.8. The van der Waals surface area contributed by atoms with E-state index in [-0.39, 0.29) is 17.9 Å². The predicted molar refractivity (Wildman–Crippen MR) is 99.1 cm³/mol. The maximum atomic E-state index is 12.2. The first-order valence-corrected chi connectivity index (χ1v) is 9.64. The molecule has 24 heavy (non-hydrogen) atoms. The molecule has 1 aliphatic rings. The molecule has 3 rings (SSSR count). The highest BCUT2D eigenvalue weighted by atomic mass is 32.2. The van der Waals surface area contributed by atoms with Gasteiger partial charge in [-0.15, -0.1) is 0 Å². The summed E-state index contributed by atoms with van der Waals surface area (Å²) in [5.74, 6) is 0.730. The molecule has 2 aromatic rings. The summed E-state index contributed by atoms with van der Waals surface area (Å²) in [6, 6.07) is 13.7. The van der Waals surface area contributed by atoms with Crippen LogP contribution in [0.5, 0.6) is 0 Å². The van der Waals surface area contributed by atoms with Crippen molar-refractivity contribution < 1.29 is 9.59 Å². The summed E-state index contributed by atoms with van der Waals surface area (Å²) >= 11 is 1.68. The number of nitrogens with one attached hydrogen (secondary N) is 2. The quantitative estimate of drug-likeness (QED) is 0.848. The lowest BCUT2D eigenvalue weighted by atomic mass is 9.99. The van der Waals surface area contributed by atoms with Gasteiger partial charge >= 0.3 is 0 Å². The normalized spacial score (nSPS) is 20.7. The van der Waals surface area contributed by atoms with Crippen LogP contribution in [0.15, 0.2) is 42.5 Å². The zero-order valence-corrected chi connectivity index (χ0v) is 14.6. The number of carbonyl (C=O) groups excluding carboxylic acids is 2. The van der Waals surface area contributed by atoms with E-state index < -0.39 is 6.04 Å². The van der Waals surface area contributed by atoms with Gasteiger partial charge < -0.3 is 10.6 Å². The van der Waals surface area contributed by atoms with Gasteiger partial charge in [0.05, 0.1) is 0 Å². The number of fused-ring (bicyclic) bond motifs is 1. The molecule has 5 heteroatoms. The maximum Gasteiger partial charge on any atom is 0.243 e. The molecule has 126 valence electrons. The topological polar surface area (TPSA) is 58.2 Å². The fourth-order valence-corrected chi connectivity index (χ4v) is 3.49. The van der Waals surface area contributed by atoms with Gasteiger partial charge in [-0.05, 0) is 47.6 Å². The average molecular weight is 342 g/mol. The molecule has 2 atom stereocenters. The van der Waals surface area contributed by atoms with Crippen LogP contribution in [0.2, 0.25) is 0 Å². The number of amides is 2. The number of hydrogen-bond donors (Lipinski definition) is 2. The van der Waals surface area contributed by atoms with Gasteiger partial charge in [0.15, 0.2) is 0 Å². The van der Waals surface area contributed by atoms with E-state index in [0.29, 0.717) is 12.8 Å². The van der Waals surface area contributed by atoms with E-state index in [1.165, 1.54) is 16.3 Å². The Morgan fingerprint density at radius 3 is 2.29 bits per heavy atom. The van der Waals surface area contributed by atoms with Crippen molar-refractivity contribution in [1.82, 2.24) is 10.6 Å². The summed E-state index contributed by atoms with van der Waals surface area (Å²) in [5, 5.41) is 8.13. The van der Waals surface area contributed by atoms with Crippen molar-refractivity contribution in [2.45, 2.75) is 31.3 Å². The monoisotopic (exact) mass is 342 g/mol. The van der Waals surface area contributed by atoms with Crippen LogP contribution >= 0.6 is 11.8 Å². The van der Waals surface area contributed by atoms with Gasteiger partial charge in [0.25, 0.3) is 0 Å². The van der Waals surface area contributed by atoms with Crippen molar-refractivity contribution in [3.05, 3.63) is 48.0 Å². The maximum absolute atomic E-state index is 12.2. The molecule has 0 aromatic heterocycles. The van der Waals surface area contributed by atoms with Gasteiger partial charge in [-0.3, -0.25) is 9.59 Å². The van der Waals surface area contributed by atoms with E-state index in [1.807, 2.05) is 18.4 Å². The standard InChI is InChI=1S/C19H22N2O2S/c1-24-11-10-17-19(23)20-16(18(22)21-17)9-7-13-6-8-14-4-2-3-5-15(14)12-13/h2-6,8,12,16-17H,7,9-11H2,1H3,(H,20,23)(H,21,22)/t16-,17-/m1/s1. The summed E-state index contributed by atoms with van der Waals surface area (Å²) < 4.78 is 0. The third-order valence-electron chi connectivity index (χ3n) is 4.41. The lowest BCUT2D eigenvalue weighted by Crippen LogP contribution is -2.61. The van der Waals surface area contributed by atoms with Gasteiger partial charge in [0.1, 0.15) is 12.1 Å². The Balaban J connectivity index is 1.59. The Hall–Kier alpha value is -2.01. The molecule has 0 spiro atoms. The van der Waals surface area contributed by atoms with Gasteiger partial charge in [-0.1, -0.05) is 42.5 Å². The molecular weight excluding hydrogens is 320 g/mol. The highest BCUT2D eigenvalue weighted by Gasteiger charge is 2.32. The average Bonchev–Trinajstić information content (AvgIpc) is 2.60. The van der Waals surface area contributed by atoms with Crippen molar-refractivity contribution in [1.29, 1.82) is 0 Å². The Labute approximate surface area is 146 Å². The van der Waals surface area contributed by atoms with Crippen molar-refractivity contribution in [3.63, 3.8) is 0 Å².